The van der Waals surface area contributed by atoms with E-state index < -0.39 is 0 Å². The second-order valence-electron chi connectivity index (χ2n) is 4.13. The average molecular weight is 236 g/mol. The van der Waals surface area contributed by atoms with Crippen LogP contribution >= 0.6 is 11.8 Å². The third kappa shape index (κ3) is 2.40. The quantitative estimate of drug-likeness (QED) is 0.806. The third-order valence-corrected chi connectivity index (χ3v) is 4.54. The van der Waals surface area contributed by atoms with Crippen LogP contribution in [0.25, 0.3) is 0 Å². The van der Waals surface area contributed by atoms with Crippen LogP contribution in [0.15, 0.2) is 29.2 Å². The molecule has 0 spiro atoms. The van der Waals surface area contributed by atoms with Crippen LogP contribution in [-0.2, 0) is 4.79 Å². The molecule has 0 N–H and O–H groups in total. The number of Topliss-reactive ketones (excluding diaryl/α,β-unsaturated/α-hetero) is 1. The normalized spacial score (nSPS) is 24.8. The number of thioether (sulfide) groups is 1. The summed E-state index contributed by atoms with van der Waals surface area (Å²) < 4.78 is 5.19. The predicted octanol–water partition coefficient (Wildman–Crippen LogP) is 3.15. The predicted molar refractivity (Wildman–Crippen MR) is 66.0 cm³/mol. The van der Waals surface area contributed by atoms with Crippen molar-refractivity contribution in [2.24, 2.45) is 5.92 Å². The minimum absolute atomic E-state index is 0.191. The maximum absolute atomic E-state index is 11.5. The molecule has 1 aliphatic rings. The van der Waals surface area contributed by atoms with Gasteiger partial charge in [-0.25, -0.2) is 0 Å². The zero-order valence-corrected chi connectivity index (χ0v) is 10.4. The van der Waals surface area contributed by atoms with Crippen LogP contribution in [0.3, 0.4) is 0 Å². The second kappa shape index (κ2) is 4.91. The molecule has 2 atom stereocenters. The first-order valence-corrected chi connectivity index (χ1v) is 6.42. The number of ketones is 1. The van der Waals surface area contributed by atoms with Gasteiger partial charge in [0.05, 0.1) is 7.11 Å². The molecule has 0 aliphatic heterocycles. The molecule has 0 radical (unpaired) electrons. The summed E-state index contributed by atoms with van der Waals surface area (Å²) in [5, 5.41) is 0.430. The summed E-state index contributed by atoms with van der Waals surface area (Å²) >= 11 is 1.79. The van der Waals surface area contributed by atoms with Crippen LogP contribution in [0.4, 0.5) is 0 Å². The highest BCUT2D eigenvalue weighted by Gasteiger charge is 2.31. The van der Waals surface area contributed by atoms with Gasteiger partial charge < -0.3 is 4.74 Å². The molecule has 16 heavy (non-hydrogen) atoms. The maximum Gasteiger partial charge on any atom is 0.136 e. The summed E-state index contributed by atoms with van der Waals surface area (Å²) in [6, 6.07) is 8.03. The van der Waals surface area contributed by atoms with Crippen molar-refractivity contribution in [3.63, 3.8) is 0 Å². The van der Waals surface area contributed by atoms with Crippen molar-refractivity contribution in [2.45, 2.75) is 29.9 Å². The zero-order chi connectivity index (χ0) is 11.5. The molecule has 1 fully saturated rings. The number of hydrogen-bond acceptors (Lipinski definition) is 3. The Morgan fingerprint density at radius 3 is 2.88 bits per heavy atom. The van der Waals surface area contributed by atoms with Crippen LogP contribution in [0, 0.1) is 5.92 Å². The number of methoxy groups -OCH3 is 1. The van der Waals surface area contributed by atoms with Gasteiger partial charge in [0, 0.05) is 22.5 Å². The summed E-state index contributed by atoms with van der Waals surface area (Å²) in [5.74, 6) is 1.47. The van der Waals surface area contributed by atoms with Gasteiger partial charge in [-0.1, -0.05) is 13.0 Å². The van der Waals surface area contributed by atoms with Crippen molar-refractivity contribution in [3.8, 4) is 5.75 Å². The smallest absolute Gasteiger partial charge is 0.136 e. The van der Waals surface area contributed by atoms with E-state index in [2.05, 4.69) is 6.07 Å². The number of benzene rings is 1. The monoisotopic (exact) mass is 236 g/mol. The lowest BCUT2D eigenvalue weighted by Crippen LogP contribution is -2.11. The lowest BCUT2D eigenvalue weighted by Gasteiger charge is -2.13. The van der Waals surface area contributed by atoms with Crippen LogP contribution < -0.4 is 4.74 Å². The Bertz CT molecular complexity index is 389. The lowest BCUT2D eigenvalue weighted by atomic mass is 10.1. The fourth-order valence-electron chi connectivity index (χ4n) is 1.98. The maximum atomic E-state index is 11.5. The summed E-state index contributed by atoms with van der Waals surface area (Å²) in [4.78, 5) is 12.6. The Balaban J connectivity index is 2.06. The zero-order valence-electron chi connectivity index (χ0n) is 9.60. The van der Waals surface area contributed by atoms with Crippen molar-refractivity contribution in [1.29, 1.82) is 0 Å². The molecular formula is C13H16O2S. The summed E-state index contributed by atoms with van der Waals surface area (Å²) in [5.41, 5.74) is 0. The molecule has 0 amide bonds. The minimum Gasteiger partial charge on any atom is -0.497 e. The fourth-order valence-corrected chi connectivity index (χ4v) is 3.26. The molecule has 2 rings (SSSR count). The van der Waals surface area contributed by atoms with E-state index in [-0.39, 0.29) is 5.92 Å². The molecule has 1 saturated carbocycles. The van der Waals surface area contributed by atoms with Gasteiger partial charge in [-0.3, -0.25) is 4.79 Å². The summed E-state index contributed by atoms with van der Waals surface area (Å²) in [7, 11) is 1.67. The first-order valence-electron chi connectivity index (χ1n) is 5.54. The molecule has 1 aromatic carbocycles. The van der Waals surface area contributed by atoms with Gasteiger partial charge in [0.2, 0.25) is 0 Å². The van der Waals surface area contributed by atoms with Gasteiger partial charge in [0.25, 0.3) is 0 Å². The van der Waals surface area contributed by atoms with Gasteiger partial charge >= 0.3 is 0 Å². The SMILES string of the molecule is COc1cccc(SC2CCC(=O)C2C)c1. The van der Waals surface area contributed by atoms with Crippen molar-refractivity contribution < 1.29 is 9.53 Å². The molecule has 86 valence electrons. The molecule has 0 heterocycles. The molecule has 0 saturated heterocycles. The topological polar surface area (TPSA) is 26.3 Å². The van der Waals surface area contributed by atoms with Crippen LogP contribution in [0.2, 0.25) is 0 Å². The van der Waals surface area contributed by atoms with E-state index in [1.807, 2.05) is 25.1 Å². The highest BCUT2D eigenvalue weighted by Crippen LogP contribution is 2.37. The molecule has 2 unspecified atom stereocenters. The Labute approximate surface area is 100 Å². The number of rotatable bonds is 3. The van der Waals surface area contributed by atoms with Crippen molar-refractivity contribution in [2.75, 3.05) is 7.11 Å². The number of ether oxygens (including phenoxy) is 1. The highest BCUT2D eigenvalue weighted by atomic mass is 32.2. The van der Waals surface area contributed by atoms with E-state index in [0.717, 1.165) is 18.6 Å². The molecular weight excluding hydrogens is 220 g/mol. The Morgan fingerprint density at radius 2 is 2.25 bits per heavy atom. The minimum atomic E-state index is 0.191. The van der Waals surface area contributed by atoms with E-state index >= 15 is 0 Å². The highest BCUT2D eigenvalue weighted by molar-refractivity contribution is 8.00. The lowest BCUT2D eigenvalue weighted by molar-refractivity contribution is -0.120. The first-order chi connectivity index (χ1) is 7.70. The number of carbonyl (C=O) groups excluding carboxylic acids is 1. The Morgan fingerprint density at radius 1 is 1.44 bits per heavy atom. The molecule has 3 heteroatoms. The largest absolute Gasteiger partial charge is 0.497 e. The van der Waals surface area contributed by atoms with E-state index in [0.29, 0.717) is 11.0 Å². The van der Waals surface area contributed by atoms with Crippen molar-refractivity contribution in [3.05, 3.63) is 24.3 Å². The van der Waals surface area contributed by atoms with E-state index in [4.69, 9.17) is 4.74 Å². The molecule has 1 aromatic rings. The van der Waals surface area contributed by atoms with Gasteiger partial charge in [0.15, 0.2) is 0 Å². The summed E-state index contributed by atoms with van der Waals surface area (Å²) in [6.45, 7) is 2.03. The van der Waals surface area contributed by atoms with Crippen LogP contribution in [-0.4, -0.2) is 18.1 Å². The van der Waals surface area contributed by atoms with E-state index in [1.165, 1.54) is 4.90 Å². The Hall–Kier alpha value is -0.960. The van der Waals surface area contributed by atoms with Crippen LogP contribution in [0.1, 0.15) is 19.8 Å². The molecule has 0 bridgehead atoms. The van der Waals surface area contributed by atoms with Crippen LogP contribution in [0.5, 0.6) is 5.75 Å². The van der Waals surface area contributed by atoms with Gasteiger partial charge in [0.1, 0.15) is 11.5 Å². The molecule has 0 aromatic heterocycles. The number of carbonyl (C=O) groups is 1. The van der Waals surface area contributed by atoms with Gasteiger partial charge in [-0.15, -0.1) is 11.8 Å². The standard InChI is InChI=1S/C13H16O2S/c1-9-12(14)6-7-13(9)16-11-5-3-4-10(8-11)15-2/h3-5,8-9,13H,6-7H2,1-2H3. The van der Waals surface area contributed by atoms with E-state index in [1.54, 1.807) is 18.9 Å². The van der Waals surface area contributed by atoms with E-state index in [9.17, 15) is 4.79 Å². The summed E-state index contributed by atoms with van der Waals surface area (Å²) in [6.07, 6.45) is 1.74. The molecule has 1 aliphatic carbocycles. The first kappa shape index (κ1) is 11.5. The second-order valence-corrected chi connectivity index (χ2v) is 5.44. The number of hydrogen-bond donors (Lipinski definition) is 0. The van der Waals surface area contributed by atoms with Crippen molar-refractivity contribution >= 4 is 17.5 Å². The van der Waals surface area contributed by atoms with Gasteiger partial charge in [-0.2, -0.15) is 0 Å². The molecule has 2 nitrogen and oxygen atoms in total. The van der Waals surface area contributed by atoms with Gasteiger partial charge in [-0.05, 0) is 24.6 Å². The average Bonchev–Trinajstić information content (AvgIpc) is 2.61. The Kier molecular flexibility index (Phi) is 3.54. The fraction of sp³-hybridized carbons (Fsp3) is 0.462. The van der Waals surface area contributed by atoms with Crippen molar-refractivity contribution in [1.82, 2.24) is 0 Å². The third-order valence-electron chi connectivity index (χ3n) is 3.07.